The third-order valence-corrected chi connectivity index (χ3v) is 6.46. The van der Waals surface area contributed by atoms with Crippen molar-refractivity contribution in [2.45, 2.75) is 13.1 Å². The molecule has 6 nitrogen and oxygen atoms in total. The molecule has 0 radical (unpaired) electrons. The fourth-order valence-electron chi connectivity index (χ4n) is 4.36. The number of amides is 1. The highest BCUT2D eigenvalue weighted by Gasteiger charge is 2.15. The van der Waals surface area contributed by atoms with Gasteiger partial charge in [-0.1, -0.05) is 18.2 Å². The number of pyridine rings is 2. The molecule has 4 aromatic rings. The fraction of sp³-hybridized carbons (Fsp3) is 0.250. The summed E-state index contributed by atoms with van der Waals surface area (Å²) in [6.07, 6.45) is 3.49. The summed E-state index contributed by atoms with van der Waals surface area (Å²) in [6.45, 7) is 5.60. The Hall–Kier alpha value is -3.68. The van der Waals surface area contributed by atoms with Crippen LogP contribution >= 0.6 is 0 Å². The summed E-state index contributed by atoms with van der Waals surface area (Å²) in [5.74, 6) is -0.495. The number of para-hydroxylation sites is 1. The Bertz CT molecular complexity index is 1320. The number of fused-ring (bicyclic) bond motifs is 1. The van der Waals surface area contributed by atoms with Crippen molar-refractivity contribution < 1.29 is 9.18 Å². The molecule has 1 fully saturated rings. The first-order valence-electron chi connectivity index (χ1n) is 11.8. The lowest BCUT2D eigenvalue weighted by molar-refractivity contribution is 0.0950. The van der Waals surface area contributed by atoms with E-state index < -0.39 is 0 Å². The third kappa shape index (κ3) is 5.53. The molecule has 1 N–H and O–H groups in total. The van der Waals surface area contributed by atoms with Crippen LogP contribution in [0, 0.1) is 5.82 Å². The summed E-state index contributed by atoms with van der Waals surface area (Å²) in [5, 5.41) is 4.05. The molecule has 2 aromatic heterocycles. The Morgan fingerprint density at radius 1 is 0.971 bits per heavy atom. The van der Waals surface area contributed by atoms with Gasteiger partial charge in [0.25, 0.3) is 5.91 Å². The van der Waals surface area contributed by atoms with Crippen LogP contribution in [0.5, 0.6) is 0 Å². The summed E-state index contributed by atoms with van der Waals surface area (Å²) in [5.41, 5.74) is 5.03. The van der Waals surface area contributed by atoms with Crippen LogP contribution < -0.4 is 5.32 Å². The van der Waals surface area contributed by atoms with E-state index >= 15 is 0 Å². The fourth-order valence-corrected chi connectivity index (χ4v) is 4.36. The zero-order chi connectivity index (χ0) is 24.2. The quantitative estimate of drug-likeness (QED) is 0.461. The number of rotatable bonds is 6. The van der Waals surface area contributed by atoms with E-state index in [0.717, 1.165) is 54.8 Å². The number of aromatic nitrogens is 2. The smallest absolute Gasteiger partial charge is 0.253 e. The standard InChI is InChI=1S/C28H28FN5O/c1-33-11-13-34(14-12-33)19-20-15-22-3-2-4-23(27(22)31-16-20)17-32-28(35)24-7-10-26(30-18-24)21-5-8-25(29)9-6-21/h2-10,15-16,18H,11-14,17,19H2,1H3,(H,32,35). The molecule has 0 unspecified atom stereocenters. The van der Waals surface area contributed by atoms with Gasteiger partial charge in [-0.2, -0.15) is 0 Å². The molecule has 0 saturated carbocycles. The number of carbonyl (C=O) groups is 1. The Balaban J connectivity index is 1.23. The van der Waals surface area contributed by atoms with Crippen molar-refractivity contribution in [2.24, 2.45) is 0 Å². The third-order valence-electron chi connectivity index (χ3n) is 6.46. The summed E-state index contributed by atoms with van der Waals surface area (Å²) in [4.78, 5) is 26.6. The van der Waals surface area contributed by atoms with Crippen LogP contribution in [0.15, 0.2) is 73.1 Å². The van der Waals surface area contributed by atoms with Gasteiger partial charge in [-0.25, -0.2) is 4.39 Å². The normalized spacial score (nSPS) is 14.8. The highest BCUT2D eigenvalue weighted by atomic mass is 19.1. The number of halogens is 1. The van der Waals surface area contributed by atoms with Gasteiger partial charge in [0.05, 0.1) is 16.8 Å². The van der Waals surface area contributed by atoms with Gasteiger partial charge in [-0.05, 0) is 60.6 Å². The minimum atomic E-state index is -0.293. The van der Waals surface area contributed by atoms with Gasteiger partial charge in [0.15, 0.2) is 0 Å². The van der Waals surface area contributed by atoms with Gasteiger partial charge in [0.1, 0.15) is 5.82 Å². The predicted molar refractivity (Wildman–Crippen MR) is 135 cm³/mol. The Morgan fingerprint density at radius 3 is 2.51 bits per heavy atom. The van der Waals surface area contributed by atoms with Crippen molar-refractivity contribution in [1.29, 1.82) is 0 Å². The number of likely N-dealkylation sites (N-methyl/N-ethyl adjacent to an activating group) is 1. The maximum Gasteiger partial charge on any atom is 0.253 e. The molecule has 7 heteroatoms. The minimum absolute atomic E-state index is 0.202. The van der Waals surface area contributed by atoms with Crippen LogP contribution in [0.1, 0.15) is 21.5 Å². The van der Waals surface area contributed by atoms with Crippen molar-refractivity contribution >= 4 is 16.8 Å². The molecule has 2 aromatic carbocycles. The molecule has 178 valence electrons. The van der Waals surface area contributed by atoms with Gasteiger partial charge in [-0.15, -0.1) is 0 Å². The highest BCUT2D eigenvalue weighted by molar-refractivity contribution is 5.94. The van der Waals surface area contributed by atoms with Crippen LogP contribution in [0.25, 0.3) is 22.2 Å². The number of hydrogen-bond donors (Lipinski definition) is 1. The topological polar surface area (TPSA) is 61.4 Å². The Morgan fingerprint density at radius 2 is 1.77 bits per heavy atom. The maximum atomic E-state index is 13.1. The van der Waals surface area contributed by atoms with Crippen LogP contribution in [0.2, 0.25) is 0 Å². The highest BCUT2D eigenvalue weighted by Crippen LogP contribution is 2.20. The van der Waals surface area contributed by atoms with Crippen molar-refractivity contribution in [3.8, 4) is 11.3 Å². The molecule has 5 rings (SSSR count). The Kier molecular flexibility index (Phi) is 6.79. The molecule has 0 bridgehead atoms. The zero-order valence-electron chi connectivity index (χ0n) is 19.7. The summed E-state index contributed by atoms with van der Waals surface area (Å²) < 4.78 is 13.1. The molecule has 3 heterocycles. The van der Waals surface area contributed by atoms with Crippen molar-refractivity contribution in [2.75, 3.05) is 33.2 Å². The van der Waals surface area contributed by atoms with E-state index in [1.54, 1.807) is 30.5 Å². The summed E-state index contributed by atoms with van der Waals surface area (Å²) in [7, 11) is 2.16. The van der Waals surface area contributed by atoms with E-state index in [4.69, 9.17) is 4.98 Å². The minimum Gasteiger partial charge on any atom is -0.348 e. The largest absolute Gasteiger partial charge is 0.348 e. The molecular weight excluding hydrogens is 441 g/mol. The lowest BCUT2D eigenvalue weighted by Crippen LogP contribution is -2.43. The molecule has 1 aliphatic rings. The lowest BCUT2D eigenvalue weighted by Gasteiger charge is -2.32. The second-order valence-electron chi connectivity index (χ2n) is 9.03. The molecule has 35 heavy (non-hydrogen) atoms. The van der Waals surface area contributed by atoms with E-state index in [1.165, 1.54) is 17.7 Å². The second-order valence-corrected chi connectivity index (χ2v) is 9.03. The van der Waals surface area contributed by atoms with Crippen molar-refractivity contribution in [1.82, 2.24) is 25.1 Å². The summed E-state index contributed by atoms with van der Waals surface area (Å²) >= 11 is 0. The average Bonchev–Trinajstić information content (AvgIpc) is 2.89. The van der Waals surface area contributed by atoms with E-state index in [2.05, 4.69) is 39.3 Å². The summed E-state index contributed by atoms with van der Waals surface area (Å²) in [6, 6.07) is 17.9. The molecule has 0 aliphatic carbocycles. The first-order valence-corrected chi connectivity index (χ1v) is 11.8. The second kappa shape index (κ2) is 10.3. The molecule has 1 aliphatic heterocycles. The first-order chi connectivity index (χ1) is 17.0. The van der Waals surface area contributed by atoms with E-state index in [-0.39, 0.29) is 11.7 Å². The molecule has 1 saturated heterocycles. The Labute approximate surface area is 204 Å². The average molecular weight is 470 g/mol. The molecule has 0 spiro atoms. The number of nitrogens with zero attached hydrogens (tertiary/aromatic N) is 4. The maximum absolute atomic E-state index is 13.1. The number of hydrogen-bond acceptors (Lipinski definition) is 5. The van der Waals surface area contributed by atoms with Gasteiger partial charge < -0.3 is 10.2 Å². The van der Waals surface area contributed by atoms with E-state index in [9.17, 15) is 9.18 Å². The van der Waals surface area contributed by atoms with Gasteiger partial charge in [0.2, 0.25) is 0 Å². The SMILES string of the molecule is CN1CCN(Cc2cnc3c(CNC(=O)c4ccc(-c5ccc(F)cc5)nc4)cccc3c2)CC1. The zero-order valence-corrected chi connectivity index (χ0v) is 19.7. The molecule has 0 atom stereocenters. The van der Waals surface area contributed by atoms with Crippen LogP contribution in [0.3, 0.4) is 0 Å². The van der Waals surface area contributed by atoms with Crippen LogP contribution in [0.4, 0.5) is 4.39 Å². The van der Waals surface area contributed by atoms with Gasteiger partial charge in [0, 0.05) is 62.6 Å². The van der Waals surface area contributed by atoms with E-state index in [0.29, 0.717) is 17.8 Å². The van der Waals surface area contributed by atoms with Gasteiger partial charge >= 0.3 is 0 Å². The lowest BCUT2D eigenvalue weighted by atomic mass is 10.1. The van der Waals surface area contributed by atoms with E-state index in [1.807, 2.05) is 18.3 Å². The number of carbonyl (C=O) groups excluding carboxylic acids is 1. The molecule has 1 amide bonds. The monoisotopic (exact) mass is 469 g/mol. The van der Waals surface area contributed by atoms with Crippen molar-refractivity contribution in [3.05, 3.63) is 95.6 Å². The number of piperazine rings is 1. The molecular formula is C28H28FN5O. The van der Waals surface area contributed by atoms with Gasteiger partial charge in [-0.3, -0.25) is 19.7 Å². The number of benzene rings is 2. The number of nitrogens with one attached hydrogen (secondary N) is 1. The predicted octanol–water partition coefficient (Wildman–Crippen LogP) is 4.11. The van der Waals surface area contributed by atoms with Crippen LogP contribution in [-0.4, -0.2) is 58.9 Å². The van der Waals surface area contributed by atoms with Crippen molar-refractivity contribution in [3.63, 3.8) is 0 Å². The van der Waals surface area contributed by atoms with Crippen LogP contribution in [-0.2, 0) is 13.1 Å². The first kappa shape index (κ1) is 23.1.